The zero-order valence-corrected chi connectivity index (χ0v) is 10.4. The summed E-state index contributed by atoms with van der Waals surface area (Å²) in [7, 11) is 0. The first kappa shape index (κ1) is 11.2. The summed E-state index contributed by atoms with van der Waals surface area (Å²) in [4.78, 5) is 0. The van der Waals surface area contributed by atoms with Gasteiger partial charge in [-0.1, -0.05) is 24.5 Å². The van der Waals surface area contributed by atoms with Gasteiger partial charge < -0.3 is 5.73 Å². The molecule has 0 aliphatic heterocycles. The molecule has 4 heteroatoms. The van der Waals surface area contributed by atoms with Crippen molar-refractivity contribution in [2.45, 2.75) is 57.4 Å². The summed E-state index contributed by atoms with van der Waals surface area (Å²) >= 11 is 0. The highest BCUT2D eigenvalue weighted by Crippen LogP contribution is 2.41. The van der Waals surface area contributed by atoms with E-state index in [-0.39, 0.29) is 0 Å². The summed E-state index contributed by atoms with van der Waals surface area (Å²) in [6, 6.07) is 0. The van der Waals surface area contributed by atoms with E-state index in [1.807, 2.05) is 0 Å². The summed E-state index contributed by atoms with van der Waals surface area (Å²) < 4.78 is 2.17. The number of nitrogens with two attached hydrogens (primary N) is 1. The van der Waals surface area contributed by atoms with Gasteiger partial charge >= 0.3 is 0 Å². The van der Waals surface area contributed by atoms with Gasteiger partial charge in [-0.15, -0.1) is 5.10 Å². The van der Waals surface area contributed by atoms with Crippen LogP contribution in [0.15, 0.2) is 0 Å². The third-order valence-electron chi connectivity index (χ3n) is 4.17. The SMILES string of the molecule is NCCc1nnn(CCC2CCC2)c1C1CC1. The predicted molar refractivity (Wildman–Crippen MR) is 66.7 cm³/mol. The first-order valence-corrected chi connectivity index (χ1v) is 7.01. The van der Waals surface area contributed by atoms with Gasteiger partial charge in [0.25, 0.3) is 0 Å². The standard InChI is InChI=1S/C13H22N4/c14-8-6-12-13(11-4-5-11)17(16-15-12)9-7-10-2-1-3-10/h10-11H,1-9,14H2. The Morgan fingerprint density at radius 2 is 2.06 bits per heavy atom. The van der Waals surface area contributed by atoms with Crippen molar-refractivity contribution in [3.05, 3.63) is 11.4 Å². The van der Waals surface area contributed by atoms with E-state index in [0.717, 1.165) is 30.5 Å². The molecule has 2 aliphatic carbocycles. The molecule has 2 N–H and O–H groups in total. The highest BCUT2D eigenvalue weighted by Gasteiger charge is 2.31. The van der Waals surface area contributed by atoms with Crippen LogP contribution in [0, 0.1) is 5.92 Å². The van der Waals surface area contributed by atoms with Crippen molar-refractivity contribution in [2.24, 2.45) is 11.7 Å². The third-order valence-corrected chi connectivity index (χ3v) is 4.17. The molecule has 0 amide bonds. The molecule has 0 atom stereocenters. The molecule has 1 heterocycles. The highest BCUT2D eigenvalue weighted by atomic mass is 15.4. The van der Waals surface area contributed by atoms with Crippen LogP contribution in [0.4, 0.5) is 0 Å². The number of nitrogens with zero attached hydrogens (tertiary/aromatic N) is 3. The van der Waals surface area contributed by atoms with Crippen molar-refractivity contribution >= 4 is 0 Å². The van der Waals surface area contributed by atoms with Gasteiger partial charge in [-0.25, -0.2) is 4.68 Å². The summed E-state index contributed by atoms with van der Waals surface area (Å²) in [6.45, 7) is 1.75. The molecule has 0 unspecified atom stereocenters. The first-order valence-electron chi connectivity index (χ1n) is 7.01. The van der Waals surface area contributed by atoms with Gasteiger partial charge in [-0.05, 0) is 31.7 Å². The Kier molecular flexibility index (Phi) is 3.14. The van der Waals surface area contributed by atoms with Crippen LogP contribution in [0.25, 0.3) is 0 Å². The van der Waals surface area contributed by atoms with E-state index in [9.17, 15) is 0 Å². The maximum Gasteiger partial charge on any atom is 0.0874 e. The van der Waals surface area contributed by atoms with E-state index in [1.54, 1.807) is 0 Å². The fraction of sp³-hybridized carbons (Fsp3) is 0.846. The normalized spacial score (nSPS) is 20.5. The fourth-order valence-corrected chi connectivity index (χ4v) is 2.73. The van der Waals surface area contributed by atoms with Crippen LogP contribution >= 0.6 is 0 Å². The summed E-state index contributed by atoms with van der Waals surface area (Å²) in [5, 5.41) is 8.66. The first-order chi connectivity index (χ1) is 8.38. The molecule has 3 rings (SSSR count). The van der Waals surface area contributed by atoms with Gasteiger partial charge in [0.15, 0.2) is 0 Å². The van der Waals surface area contributed by atoms with Crippen molar-refractivity contribution < 1.29 is 0 Å². The molecule has 17 heavy (non-hydrogen) atoms. The molecular formula is C13H22N4. The second-order valence-corrected chi connectivity index (χ2v) is 5.54. The Morgan fingerprint density at radius 1 is 1.24 bits per heavy atom. The van der Waals surface area contributed by atoms with Crippen molar-refractivity contribution in [1.29, 1.82) is 0 Å². The van der Waals surface area contributed by atoms with Gasteiger partial charge in [0.1, 0.15) is 0 Å². The van der Waals surface area contributed by atoms with Crippen LogP contribution in [-0.4, -0.2) is 21.5 Å². The molecular weight excluding hydrogens is 212 g/mol. The van der Waals surface area contributed by atoms with E-state index < -0.39 is 0 Å². The Bertz CT molecular complexity index is 377. The molecule has 2 saturated carbocycles. The summed E-state index contributed by atoms with van der Waals surface area (Å²) in [5.41, 5.74) is 8.19. The van der Waals surface area contributed by atoms with Crippen molar-refractivity contribution in [2.75, 3.05) is 6.54 Å². The molecule has 1 aromatic rings. The van der Waals surface area contributed by atoms with Crippen molar-refractivity contribution in [3.63, 3.8) is 0 Å². The second kappa shape index (κ2) is 4.77. The van der Waals surface area contributed by atoms with Crippen LogP contribution < -0.4 is 5.73 Å². The largest absolute Gasteiger partial charge is 0.330 e. The van der Waals surface area contributed by atoms with E-state index in [2.05, 4.69) is 15.0 Å². The monoisotopic (exact) mass is 234 g/mol. The molecule has 0 spiro atoms. The predicted octanol–water partition coefficient (Wildman–Crippen LogP) is 1.85. The average Bonchev–Trinajstić information content (AvgIpc) is 3.01. The minimum Gasteiger partial charge on any atom is -0.330 e. The van der Waals surface area contributed by atoms with Gasteiger partial charge in [0, 0.05) is 18.9 Å². The van der Waals surface area contributed by atoms with Crippen LogP contribution in [0.2, 0.25) is 0 Å². The van der Waals surface area contributed by atoms with Crippen molar-refractivity contribution in [1.82, 2.24) is 15.0 Å². The van der Waals surface area contributed by atoms with Gasteiger partial charge in [-0.2, -0.15) is 0 Å². The van der Waals surface area contributed by atoms with Crippen LogP contribution in [0.5, 0.6) is 0 Å². The zero-order chi connectivity index (χ0) is 11.7. The molecule has 2 aliphatic rings. The lowest BCUT2D eigenvalue weighted by Gasteiger charge is -2.25. The van der Waals surface area contributed by atoms with E-state index in [0.29, 0.717) is 6.54 Å². The van der Waals surface area contributed by atoms with E-state index >= 15 is 0 Å². The van der Waals surface area contributed by atoms with Crippen LogP contribution in [0.3, 0.4) is 0 Å². The molecule has 0 bridgehead atoms. The molecule has 94 valence electrons. The molecule has 0 saturated heterocycles. The summed E-state index contributed by atoms with van der Waals surface area (Å²) in [6.07, 6.45) is 9.06. The molecule has 2 fully saturated rings. The maximum absolute atomic E-state index is 5.64. The number of hydrogen-bond donors (Lipinski definition) is 1. The zero-order valence-electron chi connectivity index (χ0n) is 10.4. The average molecular weight is 234 g/mol. The fourth-order valence-electron chi connectivity index (χ4n) is 2.73. The Balaban J connectivity index is 1.68. The maximum atomic E-state index is 5.64. The quantitative estimate of drug-likeness (QED) is 0.817. The third kappa shape index (κ3) is 2.37. The molecule has 1 aromatic heterocycles. The Hall–Kier alpha value is -0.900. The molecule has 0 radical (unpaired) electrons. The minimum absolute atomic E-state index is 0.682. The molecule has 0 aromatic carbocycles. The highest BCUT2D eigenvalue weighted by molar-refractivity contribution is 5.20. The lowest BCUT2D eigenvalue weighted by atomic mass is 9.83. The van der Waals surface area contributed by atoms with E-state index in [4.69, 9.17) is 5.73 Å². The summed E-state index contributed by atoms with van der Waals surface area (Å²) in [5.74, 6) is 1.68. The Morgan fingerprint density at radius 3 is 2.65 bits per heavy atom. The van der Waals surface area contributed by atoms with Gasteiger partial charge in [-0.3, -0.25) is 0 Å². The van der Waals surface area contributed by atoms with Gasteiger partial charge in [0.2, 0.25) is 0 Å². The number of aryl methyl sites for hydroxylation is 1. The lowest BCUT2D eigenvalue weighted by Crippen LogP contribution is -2.15. The van der Waals surface area contributed by atoms with Crippen LogP contribution in [0.1, 0.15) is 55.8 Å². The topological polar surface area (TPSA) is 56.7 Å². The second-order valence-electron chi connectivity index (χ2n) is 5.54. The van der Waals surface area contributed by atoms with Crippen molar-refractivity contribution in [3.8, 4) is 0 Å². The van der Waals surface area contributed by atoms with Gasteiger partial charge in [0.05, 0.1) is 11.4 Å². The lowest BCUT2D eigenvalue weighted by molar-refractivity contribution is 0.275. The number of aromatic nitrogens is 3. The Labute approximate surface area is 103 Å². The number of rotatable bonds is 6. The molecule has 4 nitrogen and oxygen atoms in total. The smallest absolute Gasteiger partial charge is 0.0874 e. The van der Waals surface area contributed by atoms with Crippen LogP contribution in [-0.2, 0) is 13.0 Å². The number of hydrogen-bond acceptors (Lipinski definition) is 3. The minimum atomic E-state index is 0.682. The van der Waals surface area contributed by atoms with E-state index in [1.165, 1.54) is 44.2 Å².